The molecule has 3 aliphatic heterocycles. The minimum atomic E-state index is -0.226. The molecule has 5 nitrogen and oxygen atoms in total. The predicted molar refractivity (Wildman–Crippen MR) is 88.3 cm³/mol. The van der Waals surface area contributed by atoms with Gasteiger partial charge in [0.05, 0.1) is 6.61 Å². The molecule has 1 amide bonds. The van der Waals surface area contributed by atoms with Crippen molar-refractivity contribution in [2.45, 2.75) is 24.9 Å². The number of carbonyl (C=O) groups excluding carboxylic acids is 1. The van der Waals surface area contributed by atoms with E-state index in [1.807, 2.05) is 4.90 Å². The number of benzene rings is 1. The van der Waals surface area contributed by atoms with Crippen molar-refractivity contribution in [2.75, 3.05) is 26.3 Å². The Balaban J connectivity index is 1.41. The lowest BCUT2D eigenvalue weighted by molar-refractivity contribution is -0.134. The number of nitrogens with zero attached hydrogens (tertiary/aromatic N) is 1. The molecule has 0 aliphatic carbocycles. The van der Waals surface area contributed by atoms with Crippen LogP contribution in [0.4, 0.5) is 4.39 Å². The summed E-state index contributed by atoms with van der Waals surface area (Å²) in [7, 11) is 0. The molecule has 1 aromatic carbocycles. The molecule has 1 aromatic rings. The highest BCUT2D eigenvalue weighted by molar-refractivity contribution is 5.84. The maximum atomic E-state index is 13.0. The number of hydrogen-bond acceptors (Lipinski definition) is 4. The van der Waals surface area contributed by atoms with Crippen LogP contribution in [0.1, 0.15) is 18.4 Å². The molecule has 6 heteroatoms. The van der Waals surface area contributed by atoms with Crippen LogP contribution in [0.2, 0.25) is 0 Å². The molecule has 2 N–H and O–H groups in total. The van der Waals surface area contributed by atoms with Crippen LogP contribution in [0.5, 0.6) is 0 Å². The van der Waals surface area contributed by atoms with Crippen LogP contribution in [0.15, 0.2) is 30.3 Å². The molecule has 0 spiro atoms. The molecule has 0 aromatic heterocycles. The van der Waals surface area contributed by atoms with Crippen LogP contribution >= 0.6 is 0 Å². The smallest absolute Gasteiger partial charge is 0.241 e. The van der Waals surface area contributed by atoms with Crippen molar-refractivity contribution in [1.29, 1.82) is 0 Å². The first-order valence-corrected chi connectivity index (χ1v) is 8.55. The molecule has 2 saturated heterocycles. The van der Waals surface area contributed by atoms with Gasteiger partial charge in [0.25, 0.3) is 0 Å². The van der Waals surface area contributed by atoms with Gasteiger partial charge in [-0.1, -0.05) is 18.2 Å². The average molecular weight is 331 g/mol. The molecule has 0 bridgehead atoms. The third kappa shape index (κ3) is 2.97. The van der Waals surface area contributed by atoms with Crippen LogP contribution in [-0.2, 0) is 9.53 Å². The van der Waals surface area contributed by atoms with Crippen molar-refractivity contribution >= 4 is 11.5 Å². The van der Waals surface area contributed by atoms with E-state index in [0.29, 0.717) is 25.7 Å². The number of amides is 1. The summed E-state index contributed by atoms with van der Waals surface area (Å²) >= 11 is 0. The van der Waals surface area contributed by atoms with Gasteiger partial charge in [-0.15, -0.1) is 0 Å². The largest absolute Gasteiger partial charge is 0.381 e. The minimum absolute atomic E-state index is 0.134. The minimum Gasteiger partial charge on any atom is -0.381 e. The fourth-order valence-corrected chi connectivity index (χ4v) is 3.81. The zero-order valence-corrected chi connectivity index (χ0v) is 13.5. The maximum Gasteiger partial charge on any atom is 0.241 e. The van der Waals surface area contributed by atoms with E-state index in [1.54, 1.807) is 12.1 Å². The van der Waals surface area contributed by atoms with Crippen molar-refractivity contribution in [3.05, 3.63) is 41.7 Å². The van der Waals surface area contributed by atoms with Gasteiger partial charge < -0.3 is 9.64 Å². The lowest BCUT2D eigenvalue weighted by atomic mass is 9.90. The molecular weight excluding hydrogens is 309 g/mol. The molecule has 128 valence electrons. The summed E-state index contributed by atoms with van der Waals surface area (Å²) in [5.74, 6) is 0.111. The van der Waals surface area contributed by atoms with E-state index in [4.69, 9.17) is 4.74 Å². The van der Waals surface area contributed by atoms with Crippen molar-refractivity contribution in [2.24, 2.45) is 5.92 Å². The van der Waals surface area contributed by atoms with Crippen LogP contribution < -0.4 is 10.9 Å². The highest BCUT2D eigenvalue weighted by atomic mass is 19.1. The van der Waals surface area contributed by atoms with Gasteiger partial charge in [-0.25, -0.2) is 9.82 Å². The van der Waals surface area contributed by atoms with Gasteiger partial charge in [-0.05, 0) is 36.1 Å². The summed E-state index contributed by atoms with van der Waals surface area (Å²) in [6.07, 6.45) is 3.81. The maximum absolute atomic E-state index is 13.0. The van der Waals surface area contributed by atoms with Crippen LogP contribution in [0.3, 0.4) is 0 Å². The highest BCUT2D eigenvalue weighted by Gasteiger charge is 2.43. The molecule has 24 heavy (non-hydrogen) atoms. The fourth-order valence-electron chi connectivity index (χ4n) is 3.81. The first-order valence-electron chi connectivity index (χ1n) is 8.55. The second kappa shape index (κ2) is 6.63. The third-order valence-electron chi connectivity index (χ3n) is 5.25. The average Bonchev–Trinajstić information content (AvgIpc) is 3.06. The summed E-state index contributed by atoms with van der Waals surface area (Å²) in [6.45, 7) is 2.68. The third-order valence-corrected chi connectivity index (χ3v) is 5.25. The molecule has 3 heterocycles. The topological polar surface area (TPSA) is 53.6 Å². The van der Waals surface area contributed by atoms with E-state index in [0.717, 1.165) is 25.0 Å². The van der Waals surface area contributed by atoms with Gasteiger partial charge in [0, 0.05) is 31.7 Å². The molecule has 3 aliphatic rings. The van der Waals surface area contributed by atoms with Crippen molar-refractivity contribution < 1.29 is 13.9 Å². The quantitative estimate of drug-likeness (QED) is 0.858. The van der Waals surface area contributed by atoms with Gasteiger partial charge in [0.1, 0.15) is 11.9 Å². The SMILES string of the molecule is O=C(C1NNC2CCOCC21)N1CC=C(c2ccc(F)cc2)CC1. The number of hydrogen-bond donors (Lipinski definition) is 2. The Labute approximate surface area is 140 Å². The number of ether oxygens (including phenoxy) is 1. The van der Waals surface area contributed by atoms with Crippen molar-refractivity contribution in [3.63, 3.8) is 0 Å². The molecule has 3 atom stereocenters. The standard InChI is InChI=1S/C18H22FN3O2/c19-14-3-1-12(2-4-14)13-5-8-22(9-6-13)18(23)17-15-11-24-10-7-16(15)20-21-17/h1-5,15-17,20-21H,6-11H2. The Bertz CT molecular complexity index is 646. The van der Waals surface area contributed by atoms with Crippen LogP contribution in [0.25, 0.3) is 5.57 Å². The lowest BCUT2D eigenvalue weighted by Crippen LogP contribution is -2.50. The van der Waals surface area contributed by atoms with E-state index in [1.165, 1.54) is 17.7 Å². The molecule has 2 fully saturated rings. The number of halogens is 1. The Morgan fingerprint density at radius 2 is 2.08 bits per heavy atom. The summed E-state index contributed by atoms with van der Waals surface area (Å²) in [4.78, 5) is 14.7. The fraction of sp³-hybridized carbons (Fsp3) is 0.500. The Morgan fingerprint density at radius 3 is 2.83 bits per heavy atom. The Morgan fingerprint density at radius 1 is 1.25 bits per heavy atom. The van der Waals surface area contributed by atoms with Gasteiger partial charge >= 0.3 is 0 Å². The van der Waals surface area contributed by atoms with Crippen LogP contribution in [0, 0.1) is 11.7 Å². The van der Waals surface area contributed by atoms with E-state index in [2.05, 4.69) is 16.9 Å². The van der Waals surface area contributed by atoms with Gasteiger partial charge in [0.15, 0.2) is 0 Å². The molecule has 3 unspecified atom stereocenters. The first kappa shape index (κ1) is 15.7. The summed E-state index contributed by atoms with van der Waals surface area (Å²) < 4.78 is 18.6. The van der Waals surface area contributed by atoms with Gasteiger partial charge in [-0.2, -0.15) is 0 Å². The normalized spacial score (nSPS) is 30.0. The van der Waals surface area contributed by atoms with Crippen LogP contribution in [-0.4, -0.2) is 49.2 Å². The van der Waals surface area contributed by atoms with E-state index in [-0.39, 0.29) is 23.7 Å². The summed E-state index contributed by atoms with van der Waals surface area (Å²) in [5.41, 5.74) is 8.61. The summed E-state index contributed by atoms with van der Waals surface area (Å²) in [6, 6.07) is 6.66. The highest BCUT2D eigenvalue weighted by Crippen LogP contribution is 2.26. The zero-order valence-electron chi connectivity index (χ0n) is 13.5. The zero-order chi connectivity index (χ0) is 16.5. The van der Waals surface area contributed by atoms with E-state index in [9.17, 15) is 9.18 Å². The Kier molecular flexibility index (Phi) is 4.35. The number of hydrazine groups is 1. The molecule has 0 radical (unpaired) electrons. The van der Waals surface area contributed by atoms with Crippen molar-refractivity contribution in [1.82, 2.24) is 15.8 Å². The summed E-state index contributed by atoms with van der Waals surface area (Å²) in [5, 5.41) is 0. The van der Waals surface area contributed by atoms with Crippen molar-refractivity contribution in [3.8, 4) is 0 Å². The Hall–Kier alpha value is -1.76. The van der Waals surface area contributed by atoms with E-state index >= 15 is 0 Å². The molecule has 4 rings (SSSR count). The number of nitrogens with one attached hydrogen (secondary N) is 2. The number of fused-ring (bicyclic) bond motifs is 1. The number of rotatable bonds is 2. The number of carbonyl (C=O) groups is 1. The molecule has 0 saturated carbocycles. The van der Waals surface area contributed by atoms with Gasteiger partial charge in [-0.3, -0.25) is 10.2 Å². The van der Waals surface area contributed by atoms with Gasteiger partial charge in [0.2, 0.25) is 5.91 Å². The first-order chi connectivity index (χ1) is 11.7. The lowest BCUT2D eigenvalue weighted by Gasteiger charge is -2.32. The monoisotopic (exact) mass is 331 g/mol. The van der Waals surface area contributed by atoms with E-state index < -0.39 is 0 Å². The molecular formula is C18H22FN3O2. The second-order valence-electron chi connectivity index (χ2n) is 6.67. The predicted octanol–water partition coefficient (Wildman–Crippen LogP) is 1.32. The second-order valence-corrected chi connectivity index (χ2v) is 6.67.